The Morgan fingerprint density at radius 3 is 2.62 bits per heavy atom. The van der Waals surface area contributed by atoms with E-state index in [2.05, 4.69) is 4.90 Å². The smallest absolute Gasteiger partial charge is 0.341 e. The summed E-state index contributed by atoms with van der Waals surface area (Å²) in [5, 5.41) is 0.353. The lowest BCUT2D eigenvalue weighted by Crippen LogP contribution is -2.33. The average molecular weight is 553 g/mol. The molecule has 10 heteroatoms. The van der Waals surface area contributed by atoms with Crippen LogP contribution in [0.1, 0.15) is 46.2 Å². The minimum atomic E-state index is -0.455. The van der Waals surface area contributed by atoms with Crippen LogP contribution < -0.4 is 9.47 Å². The van der Waals surface area contributed by atoms with Crippen molar-refractivity contribution in [3.8, 4) is 11.6 Å². The molecule has 5 rings (SSSR count). The molecule has 2 aromatic heterocycles. The third-order valence-corrected chi connectivity index (χ3v) is 7.45. The van der Waals surface area contributed by atoms with Crippen LogP contribution in [0.3, 0.4) is 0 Å². The summed E-state index contributed by atoms with van der Waals surface area (Å²) in [5.41, 5.74) is 3.30. The van der Waals surface area contributed by atoms with E-state index in [0.717, 1.165) is 43.0 Å². The van der Waals surface area contributed by atoms with Crippen molar-refractivity contribution >= 4 is 28.6 Å². The fraction of sp³-hybridized carbons (Fsp3) is 0.345. The number of aromatic nitrogens is 3. The number of fused-ring (bicyclic) bond motifs is 1. The number of aryl methyl sites for hydroxylation is 1. The molecular formula is C29H30ClFN4O4. The number of carbonyl (C=O) groups excluding carboxylic acids is 1. The van der Waals surface area contributed by atoms with Gasteiger partial charge in [0.1, 0.15) is 29.3 Å². The van der Waals surface area contributed by atoms with Crippen LogP contribution in [-0.2, 0) is 24.9 Å². The monoisotopic (exact) mass is 552 g/mol. The summed E-state index contributed by atoms with van der Waals surface area (Å²) >= 11 is 5.83. The Bertz CT molecular complexity index is 1500. The number of pyridine rings is 1. The molecule has 2 aromatic carbocycles. The molecule has 1 fully saturated rings. The number of esters is 1. The van der Waals surface area contributed by atoms with Gasteiger partial charge in [0.05, 0.1) is 26.3 Å². The fourth-order valence-corrected chi connectivity index (χ4v) is 5.18. The van der Waals surface area contributed by atoms with Gasteiger partial charge in [-0.1, -0.05) is 23.7 Å². The summed E-state index contributed by atoms with van der Waals surface area (Å²) in [6.07, 6.45) is 1.89. The van der Waals surface area contributed by atoms with Crippen LogP contribution in [0, 0.1) is 5.82 Å². The van der Waals surface area contributed by atoms with Crippen molar-refractivity contribution in [2.45, 2.75) is 31.9 Å². The van der Waals surface area contributed by atoms with Crippen LogP contribution >= 0.6 is 11.6 Å². The van der Waals surface area contributed by atoms with E-state index in [4.69, 9.17) is 35.8 Å². The second-order valence-electron chi connectivity index (χ2n) is 9.57. The molecule has 0 bridgehead atoms. The SMILES string of the molecule is COC(=O)c1ccc2c(nc(CN3CCC(c4cccc(OCc5ccc(Cl)cc5F)n4)CC3)n2C)c1OC. The van der Waals surface area contributed by atoms with E-state index in [1.54, 1.807) is 24.3 Å². The fourth-order valence-electron chi connectivity index (χ4n) is 5.02. The summed E-state index contributed by atoms with van der Waals surface area (Å²) in [5.74, 6) is 1.25. The number of benzene rings is 2. The van der Waals surface area contributed by atoms with Gasteiger partial charge in [-0.15, -0.1) is 0 Å². The second-order valence-corrected chi connectivity index (χ2v) is 10.0. The van der Waals surface area contributed by atoms with E-state index in [1.165, 1.54) is 20.3 Å². The zero-order chi connectivity index (χ0) is 27.5. The van der Waals surface area contributed by atoms with Crippen molar-refractivity contribution in [2.75, 3.05) is 27.3 Å². The molecule has 0 atom stereocenters. The van der Waals surface area contributed by atoms with E-state index < -0.39 is 11.8 Å². The first-order chi connectivity index (χ1) is 18.9. The quantitative estimate of drug-likeness (QED) is 0.266. The molecule has 3 heterocycles. The Morgan fingerprint density at radius 1 is 1.10 bits per heavy atom. The van der Waals surface area contributed by atoms with Crippen molar-refractivity contribution < 1.29 is 23.4 Å². The van der Waals surface area contributed by atoms with E-state index in [-0.39, 0.29) is 6.61 Å². The molecule has 0 amide bonds. The zero-order valence-electron chi connectivity index (χ0n) is 22.1. The van der Waals surface area contributed by atoms with Crippen molar-refractivity contribution in [3.63, 3.8) is 0 Å². The topological polar surface area (TPSA) is 78.7 Å². The molecule has 39 heavy (non-hydrogen) atoms. The Kier molecular flexibility index (Phi) is 7.99. The van der Waals surface area contributed by atoms with Crippen LogP contribution in [0.2, 0.25) is 5.02 Å². The predicted octanol–water partition coefficient (Wildman–Crippen LogP) is 5.51. The molecule has 4 aromatic rings. The second kappa shape index (κ2) is 11.6. The van der Waals surface area contributed by atoms with E-state index in [0.29, 0.717) is 45.8 Å². The summed E-state index contributed by atoms with van der Waals surface area (Å²) in [4.78, 5) is 24.1. The van der Waals surface area contributed by atoms with Gasteiger partial charge in [-0.3, -0.25) is 4.90 Å². The van der Waals surface area contributed by atoms with E-state index >= 15 is 0 Å². The molecule has 1 aliphatic rings. The van der Waals surface area contributed by atoms with Crippen molar-refractivity contribution in [1.82, 2.24) is 19.4 Å². The highest BCUT2D eigenvalue weighted by Gasteiger charge is 2.25. The summed E-state index contributed by atoms with van der Waals surface area (Å²) < 4.78 is 32.3. The van der Waals surface area contributed by atoms with Crippen LogP contribution in [-0.4, -0.2) is 52.7 Å². The number of rotatable bonds is 8. The Hall–Kier alpha value is -3.69. The van der Waals surface area contributed by atoms with E-state index in [9.17, 15) is 9.18 Å². The van der Waals surface area contributed by atoms with Gasteiger partial charge in [-0.2, -0.15) is 0 Å². The maximum absolute atomic E-state index is 14.1. The van der Waals surface area contributed by atoms with Gasteiger partial charge in [0.25, 0.3) is 0 Å². The van der Waals surface area contributed by atoms with Gasteiger partial charge in [0.2, 0.25) is 5.88 Å². The molecule has 204 valence electrons. The molecule has 1 aliphatic heterocycles. The van der Waals surface area contributed by atoms with Gasteiger partial charge < -0.3 is 18.8 Å². The van der Waals surface area contributed by atoms with Crippen LogP contribution in [0.4, 0.5) is 4.39 Å². The Morgan fingerprint density at radius 2 is 1.90 bits per heavy atom. The largest absolute Gasteiger partial charge is 0.493 e. The highest BCUT2D eigenvalue weighted by atomic mass is 35.5. The number of likely N-dealkylation sites (tertiary alicyclic amines) is 1. The lowest BCUT2D eigenvalue weighted by molar-refractivity contribution is 0.0597. The van der Waals surface area contributed by atoms with Crippen molar-refractivity contribution in [1.29, 1.82) is 0 Å². The standard InChI is InChI=1S/C29H30ClFN4O4/c1-34-24-10-9-21(29(36)38-3)28(37-2)27(24)33-25(34)16-35-13-11-18(12-14-35)23-5-4-6-26(32-23)39-17-19-7-8-20(30)15-22(19)31/h4-10,15,18H,11-14,16-17H2,1-3H3. The Labute approximate surface area is 231 Å². The third-order valence-electron chi connectivity index (χ3n) is 7.22. The van der Waals surface area contributed by atoms with Crippen molar-refractivity contribution in [2.24, 2.45) is 7.05 Å². The van der Waals surface area contributed by atoms with Crippen LogP contribution in [0.5, 0.6) is 11.6 Å². The summed E-state index contributed by atoms with van der Waals surface area (Å²) in [7, 11) is 4.85. The molecule has 0 saturated carbocycles. The average Bonchev–Trinajstić information content (AvgIpc) is 3.27. The van der Waals surface area contributed by atoms with Gasteiger partial charge in [-0.05, 0) is 56.3 Å². The van der Waals surface area contributed by atoms with Crippen LogP contribution in [0.15, 0.2) is 48.5 Å². The molecule has 0 aliphatic carbocycles. The number of nitrogens with zero attached hydrogens (tertiary/aromatic N) is 4. The van der Waals surface area contributed by atoms with Crippen molar-refractivity contribution in [3.05, 3.63) is 82.0 Å². The number of hydrogen-bond donors (Lipinski definition) is 0. The number of piperidine rings is 1. The van der Waals surface area contributed by atoms with Gasteiger partial charge in [0, 0.05) is 35.3 Å². The van der Waals surface area contributed by atoms with Gasteiger partial charge in [0.15, 0.2) is 5.75 Å². The minimum Gasteiger partial charge on any atom is -0.493 e. The van der Waals surface area contributed by atoms with Gasteiger partial charge in [-0.25, -0.2) is 19.2 Å². The molecule has 8 nitrogen and oxygen atoms in total. The molecule has 0 spiro atoms. The minimum absolute atomic E-state index is 0.0851. The number of methoxy groups -OCH3 is 2. The summed E-state index contributed by atoms with van der Waals surface area (Å²) in [6.45, 7) is 2.54. The molecule has 0 N–H and O–H groups in total. The highest BCUT2D eigenvalue weighted by molar-refractivity contribution is 6.30. The van der Waals surface area contributed by atoms with E-state index in [1.807, 2.05) is 29.8 Å². The summed E-state index contributed by atoms with van der Waals surface area (Å²) in [6, 6.07) is 13.9. The normalized spacial score (nSPS) is 14.5. The predicted molar refractivity (Wildman–Crippen MR) is 146 cm³/mol. The molecule has 0 radical (unpaired) electrons. The zero-order valence-corrected chi connectivity index (χ0v) is 22.9. The highest BCUT2D eigenvalue weighted by Crippen LogP contribution is 2.32. The first-order valence-electron chi connectivity index (χ1n) is 12.7. The molecule has 1 saturated heterocycles. The lowest BCUT2D eigenvalue weighted by Gasteiger charge is -2.31. The molecule has 0 unspecified atom stereocenters. The maximum atomic E-state index is 14.1. The lowest BCUT2D eigenvalue weighted by atomic mass is 9.93. The van der Waals surface area contributed by atoms with Crippen LogP contribution in [0.25, 0.3) is 11.0 Å². The Balaban J connectivity index is 1.23. The van der Waals surface area contributed by atoms with Gasteiger partial charge >= 0.3 is 5.97 Å². The number of imidazole rings is 1. The third kappa shape index (κ3) is 5.69. The molecular weight excluding hydrogens is 523 g/mol. The first kappa shape index (κ1) is 26.9. The number of hydrogen-bond acceptors (Lipinski definition) is 7. The number of ether oxygens (including phenoxy) is 3. The number of carbonyl (C=O) groups is 1. The maximum Gasteiger partial charge on any atom is 0.341 e. The number of halogens is 2. The first-order valence-corrected chi connectivity index (χ1v) is 13.1.